The Labute approximate surface area is 159 Å². The number of hydrogen-bond acceptors (Lipinski definition) is 5. The van der Waals surface area contributed by atoms with Gasteiger partial charge in [0, 0.05) is 38.3 Å². The molecule has 27 heavy (non-hydrogen) atoms. The maximum atomic E-state index is 13.5. The molecule has 11 heteroatoms. The van der Waals surface area contributed by atoms with Crippen molar-refractivity contribution in [3.63, 3.8) is 0 Å². The van der Waals surface area contributed by atoms with Gasteiger partial charge in [-0.15, -0.1) is 0 Å². The third-order valence-electron chi connectivity index (χ3n) is 4.24. The summed E-state index contributed by atoms with van der Waals surface area (Å²) in [5.41, 5.74) is -0.153. The third-order valence-corrected chi connectivity index (χ3v) is 6.43. The molecular weight excluding hydrogens is 404 g/mol. The van der Waals surface area contributed by atoms with E-state index >= 15 is 0 Å². The van der Waals surface area contributed by atoms with Gasteiger partial charge in [0.2, 0.25) is 10.0 Å². The van der Waals surface area contributed by atoms with Crippen LogP contribution in [0.4, 0.5) is 20.2 Å². The number of piperazine rings is 1. The van der Waals surface area contributed by atoms with Gasteiger partial charge in [0.15, 0.2) is 0 Å². The maximum Gasteiger partial charge on any atom is 0.292 e. The average Bonchev–Trinajstić information content (AvgIpc) is 2.63. The van der Waals surface area contributed by atoms with E-state index in [1.807, 2.05) is 0 Å². The van der Waals surface area contributed by atoms with Crippen molar-refractivity contribution in [1.29, 1.82) is 0 Å². The number of benzene rings is 2. The molecule has 0 unspecified atom stereocenters. The molecular formula is C16H14ClF2N3O4S. The lowest BCUT2D eigenvalue weighted by Gasteiger charge is -2.35. The van der Waals surface area contributed by atoms with E-state index in [1.54, 1.807) is 4.90 Å². The van der Waals surface area contributed by atoms with E-state index < -0.39 is 26.6 Å². The molecule has 2 aromatic carbocycles. The highest BCUT2D eigenvalue weighted by Gasteiger charge is 2.31. The zero-order chi connectivity index (χ0) is 19.8. The minimum Gasteiger partial charge on any atom is -0.363 e. The van der Waals surface area contributed by atoms with Crippen molar-refractivity contribution in [2.24, 2.45) is 0 Å². The molecule has 144 valence electrons. The summed E-state index contributed by atoms with van der Waals surface area (Å²) in [7, 11) is -3.89. The van der Waals surface area contributed by atoms with E-state index in [0.29, 0.717) is 0 Å². The molecule has 0 bridgehead atoms. The van der Waals surface area contributed by atoms with Crippen LogP contribution in [0.2, 0.25) is 5.02 Å². The first-order chi connectivity index (χ1) is 12.7. The first kappa shape index (κ1) is 19.5. The van der Waals surface area contributed by atoms with Gasteiger partial charge in [0.05, 0.1) is 14.8 Å². The van der Waals surface area contributed by atoms with Gasteiger partial charge in [-0.1, -0.05) is 11.6 Å². The second kappa shape index (κ2) is 7.37. The summed E-state index contributed by atoms with van der Waals surface area (Å²) in [5.74, 6) is -1.34. The molecule has 1 fully saturated rings. The standard InChI is InChI=1S/C16H14ClF2N3O4S/c17-13-10-12(2-3-14(13)19)27(25,26)21-7-5-20(6-8-21)16-9-11(18)1-4-15(16)22(23)24/h1-4,9-10H,5-8H2. The number of anilines is 1. The van der Waals surface area contributed by atoms with E-state index in [1.165, 1.54) is 4.31 Å². The van der Waals surface area contributed by atoms with Gasteiger partial charge >= 0.3 is 0 Å². The Morgan fingerprint density at radius 2 is 1.70 bits per heavy atom. The molecule has 2 aromatic rings. The van der Waals surface area contributed by atoms with Crippen LogP contribution in [0.5, 0.6) is 0 Å². The van der Waals surface area contributed by atoms with Gasteiger partial charge in [-0.25, -0.2) is 17.2 Å². The Morgan fingerprint density at radius 1 is 1.04 bits per heavy atom. The lowest BCUT2D eigenvalue weighted by molar-refractivity contribution is -0.384. The van der Waals surface area contributed by atoms with Gasteiger partial charge in [-0.05, 0) is 24.3 Å². The summed E-state index contributed by atoms with van der Waals surface area (Å²) in [5, 5.41) is 10.8. The quantitative estimate of drug-likeness (QED) is 0.564. The van der Waals surface area contributed by atoms with E-state index in [2.05, 4.69) is 0 Å². The number of sulfonamides is 1. The van der Waals surface area contributed by atoms with Crippen molar-refractivity contribution in [3.8, 4) is 0 Å². The molecule has 0 aliphatic carbocycles. The summed E-state index contributed by atoms with van der Waals surface area (Å²) in [6.45, 7) is 0.340. The van der Waals surface area contributed by atoms with Crippen LogP contribution < -0.4 is 4.90 Å². The van der Waals surface area contributed by atoms with Crippen LogP contribution in [0.15, 0.2) is 41.3 Å². The fourth-order valence-electron chi connectivity index (χ4n) is 2.86. The first-order valence-corrected chi connectivity index (χ1v) is 9.66. The molecule has 0 aromatic heterocycles. The molecule has 0 atom stereocenters. The predicted octanol–water partition coefficient (Wildman–Crippen LogP) is 3.04. The lowest BCUT2D eigenvalue weighted by Crippen LogP contribution is -2.48. The van der Waals surface area contributed by atoms with Crippen LogP contribution in [-0.4, -0.2) is 43.8 Å². The molecule has 3 rings (SSSR count). The average molecular weight is 418 g/mol. The predicted molar refractivity (Wildman–Crippen MR) is 95.4 cm³/mol. The normalized spacial score (nSPS) is 15.7. The topological polar surface area (TPSA) is 83.8 Å². The summed E-state index contributed by atoms with van der Waals surface area (Å²) in [4.78, 5) is 12.0. The van der Waals surface area contributed by atoms with Gasteiger partial charge in [0.1, 0.15) is 17.3 Å². The molecule has 1 aliphatic rings. The van der Waals surface area contributed by atoms with Crippen molar-refractivity contribution >= 4 is 33.0 Å². The third kappa shape index (κ3) is 3.87. The van der Waals surface area contributed by atoms with Crippen molar-refractivity contribution < 1.29 is 22.1 Å². The largest absolute Gasteiger partial charge is 0.363 e. The maximum absolute atomic E-state index is 13.5. The zero-order valence-electron chi connectivity index (χ0n) is 13.8. The number of hydrogen-bond donors (Lipinski definition) is 0. The van der Waals surface area contributed by atoms with Crippen LogP contribution in [0.25, 0.3) is 0 Å². The van der Waals surface area contributed by atoms with Crippen molar-refractivity contribution in [2.45, 2.75) is 4.90 Å². The highest BCUT2D eigenvalue weighted by Crippen LogP contribution is 2.31. The molecule has 0 amide bonds. The monoisotopic (exact) mass is 417 g/mol. The Balaban J connectivity index is 1.80. The van der Waals surface area contributed by atoms with E-state index in [4.69, 9.17) is 11.6 Å². The fraction of sp³-hybridized carbons (Fsp3) is 0.250. The number of nitrogens with zero attached hydrogens (tertiary/aromatic N) is 3. The Kier molecular flexibility index (Phi) is 5.31. The van der Waals surface area contributed by atoms with Crippen molar-refractivity contribution in [2.75, 3.05) is 31.1 Å². The number of halogens is 3. The van der Waals surface area contributed by atoms with Crippen LogP contribution in [0.1, 0.15) is 0 Å². The van der Waals surface area contributed by atoms with Gasteiger partial charge in [-0.2, -0.15) is 4.31 Å². The first-order valence-electron chi connectivity index (χ1n) is 7.84. The minimum atomic E-state index is -3.89. The molecule has 0 saturated carbocycles. The number of nitro groups is 1. The van der Waals surface area contributed by atoms with Gasteiger partial charge in [0.25, 0.3) is 5.69 Å². The Bertz CT molecular complexity index is 995. The molecule has 1 heterocycles. The second-order valence-corrected chi connectivity index (χ2v) is 8.20. The summed E-state index contributed by atoms with van der Waals surface area (Å²) in [6.07, 6.45) is 0. The van der Waals surface area contributed by atoms with E-state index in [-0.39, 0.29) is 47.5 Å². The lowest BCUT2D eigenvalue weighted by atomic mass is 10.2. The highest BCUT2D eigenvalue weighted by atomic mass is 35.5. The molecule has 1 aliphatic heterocycles. The van der Waals surface area contributed by atoms with Gasteiger partial charge < -0.3 is 4.90 Å². The molecule has 0 spiro atoms. The fourth-order valence-corrected chi connectivity index (χ4v) is 4.55. The summed E-state index contributed by atoms with van der Waals surface area (Å²) < 4.78 is 53.3. The second-order valence-electron chi connectivity index (χ2n) is 5.86. The smallest absolute Gasteiger partial charge is 0.292 e. The van der Waals surface area contributed by atoms with Crippen LogP contribution >= 0.6 is 11.6 Å². The number of rotatable bonds is 4. The van der Waals surface area contributed by atoms with Crippen molar-refractivity contribution in [1.82, 2.24) is 4.31 Å². The number of nitro benzene ring substituents is 1. The van der Waals surface area contributed by atoms with Crippen molar-refractivity contribution in [3.05, 3.63) is 63.2 Å². The summed E-state index contributed by atoms with van der Waals surface area (Å²) in [6, 6.07) is 6.27. The molecule has 1 saturated heterocycles. The molecule has 0 N–H and O–H groups in total. The Morgan fingerprint density at radius 3 is 2.30 bits per heavy atom. The Hall–Kier alpha value is -2.30. The van der Waals surface area contributed by atoms with Crippen LogP contribution in [0, 0.1) is 21.7 Å². The van der Waals surface area contributed by atoms with E-state index in [0.717, 1.165) is 36.4 Å². The SMILES string of the molecule is O=[N+]([O-])c1ccc(F)cc1N1CCN(S(=O)(=O)c2ccc(F)c(Cl)c2)CC1. The van der Waals surface area contributed by atoms with Gasteiger partial charge in [-0.3, -0.25) is 10.1 Å². The summed E-state index contributed by atoms with van der Waals surface area (Å²) >= 11 is 5.66. The minimum absolute atomic E-state index is 0.0327. The van der Waals surface area contributed by atoms with Crippen LogP contribution in [-0.2, 0) is 10.0 Å². The molecule has 7 nitrogen and oxygen atoms in total. The highest BCUT2D eigenvalue weighted by molar-refractivity contribution is 7.89. The van der Waals surface area contributed by atoms with E-state index in [9.17, 15) is 27.3 Å². The zero-order valence-corrected chi connectivity index (χ0v) is 15.4. The van der Waals surface area contributed by atoms with Crippen LogP contribution in [0.3, 0.4) is 0 Å². The molecule has 0 radical (unpaired) electrons.